The molecular weight excluding hydrogens is 256 g/mol. The monoisotopic (exact) mass is 280 g/mol. The molecule has 1 aromatic rings. The Bertz CT molecular complexity index is 428. The van der Waals surface area contributed by atoms with Crippen LogP contribution in [0.25, 0.3) is 0 Å². The largest absolute Gasteiger partial charge is 0.504 e. The third kappa shape index (κ3) is 5.61. The molecule has 0 saturated heterocycles. The van der Waals surface area contributed by atoms with Crippen molar-refractivity contribution in [3.8, 4) is 11.5 Å². The molecule has 4 heteroatoms. The Kier molecular flexibility index (Phi) is 7.09. The number of ether oxygens (including phenoxy) is 1. The van der Waals surface area contributed by atoms with Gasteiger partial charge in [0.2, 0.25) is 0 Å². The molecule has 0 bridgehead atoms. The average Bonchev–Trinajstić information content (AvgIpc) is 2.40. The van der Waals surface area contributed by atoms with Crippen molar-refractivity contribution in [3.63, 3.8) is 0 Å². The molecule has 20 heavy (non-hydrogen) atoms. The minimum atomic E-state index is -0.522. The first-order chi connectivity index (χ1) is 9.56. The Balaban J connectivity index is 2.49. The number of carbonyl (C=O) groups is 1. The van der Waals surface area contributed by atoms with Gasteiger partial charge in [0, 0.05) is 12.8 Å². The molecular formula is C16H24O4. The van der Waals surface area contributed by atoms with Crippen molar-refractivity contribution in [3.05, 3.63) is 23.8 Å². The highest BCUT2D eigenvalue weighted by Gasteiger charge is 2.11. The van der Waals surface area contributed by atoms with Gasteiger partial charge in [-0.2, -0.15) is 0 Å². The Labute approximate surface area is 120 Å². The van der Waals surface area contributed by atoms with Gasteiger partial charge < -0.3 is 14.9 Å². The summed E-state index contributed by atoms with van der Waals surface area (Å²) in [6.45, 7) is 4.32. The van der Waals surface area contributed by atoms with Gasteiger partial charge in [0.15, 0.2) is 11.5 Å². The number of aromatic hydroxyl groups is 1. The zero-order valence-electron chi connectivity index (χ0n) is 12.3. The highest BCUT2D eigenvalue weighted by molar-refractivity contribution is 5.79. The Morgan fingerprint density at radius 2 is 2.10 bits per heavy atom. The molecule has 0 aliphatic rings. The van der Waals surface area contributed by atoms with Crippen LogP contribution < -0.4 is 4.74 Å². The van der Waals surface area contributed by atoms with Crippen molar-refractivity contribution in [2.75, 3.05) is 6.61 Å². The van der Waals surface area contributed by atoms with Crippen molar-refractivity contribution < 1.29 is 19.7 Å². The summed E-state index contributed by atoms with van der Waals surface area (Å²) >= 11 is 0. The summed E-state index contributed by atoms with van der Waals surface area (Å²) in [4.78, 5) is 11.7. The van der Waals surface area contributed by atoms with Gasteiger partial charge in [0.05, 0.1) is 12.7 Å². The molecule has 2 N–H and O–H groups in total. The Morgan fingerprint density at radius 3 is 2.75 bits per heavy atom. The molecule has 0 amide bonds. The third-order valence-corrected chi connectivity index (χ3v) is 3.10. The summed E-state index contributed by atoms with van der Waals surface area (Å²) in [6, 6.07) is 5.12. The molecule has 1 aromatic carbocycles. The number of Topliss-reactive ketones (excluding diaryl/α,β-unsaturated/α-hetero) is 1. The number of phenolic OH excluding ortho intramolecular Hbond substituents is 1. The van der Waals surface area contributed by atoms with E-state index in [1.54, 1.807) is 18.2 Å². The third-order valence-electron chi connectivity index (χ3n) is 3.10. The average molecular weight is 280 g/mol. The number of aliphatic hydroxyl groups is 1. The second kappa shape index (κ2) is 8.59. The number of aryl methyl sites for hydroxylation is 1. The summed E-state index contributed by atoms with van der Waals surface area (Å²) in [5, 5.41) is 19.2. The second-order valence-electron chi connectivity index (χ2n) is 4.92. The van der Waals surface area contributed by atoms with E-state index in [2.05, 4.69) is 0 Å². The van der Waals surface area contributed by atoms with E-state index >= 15 is 0 Å². The maximum atomic E-state index is 11.7. The number of hydrogen-bond acceptors (Lipinski definition) is 4. The van der Waals surface area contributed by atoms with E-state index in [4.69, 9.17) is 4.74 Å². The first kappa shape index (κ1) is 16.5. The molecule has 0 radical (unpaired) electrons. The summed E-state index contributed by atoms with van der Waals surface area (Å²) < 4.78 is 5.31. The molecule has 1 atom stereocenters. The number of aliphatic hydroxyl groups excluding tert-OH is 1. The van der Waals surface area contributed by atoms with Gasteiger partial charge in [-0.25, -0.2) is 0 Å². The lowest BCUT2D eigenvalue weighted by molar-refractivity contribution is -0.121. The summed E-state index contributed by atoms with van der Waals surface area (Å²) in [6.07, 6.45) is 2.24. The van der Waals surface area contributed by atoms with E-state index in [0.29, 0.717) is 31.6 Å². The van der Waals surface area contributed by atoms with E-state index < -0.39 is 6.10 Å². The van der Waals surface area contributed by atoms with Crippen LogP contribution in [0.2, 0.25) is 0 Å². The smallest absolute Gasteiger partial charge is 0.161 e. The van der Waals surface area contributed by atoms with Gasteiger partial charge >= 0.3 is 0 Å². The van der Waals surface area contributed by atoms with Crippen LogP contribution in [0.4, 0.5) is 0 Å². The number of benzene rings is 1. The molecule has 112 valence electrons. The molecule has 1 unspecified atom stereocenters. The van der Waals surface area contributed by atoms with E-state index in [9.17, 15) is 15.0 Å². The predicted octanol–water partition coefficient (Wildman–Crippen LogP) is 2.84. The molecule has 0 aliphatic heterocycles. The van der Waals surface area contributed by atoms with Crippen LogP contribution in [0.1, 0.15) is 45.1 Å². The minimum absolute atomic E-state index is 0.0667. The highest BCUT2D eigenvalue weighted by atomic mass is 16.5. The van der Waals surface area contributed by atoms with Crippen LogP contribution in [0.5, 0.6) is 11.5 Å². The van der Waals surface area contributed by atoms with Gasteiger partial charge in [0.1, 0.15) is 5.78 Å². The van der Waals surface area contributed by atoms with E-state index in [1.165, 1.54) is 0 Å². The quantitative estimate of drug-likeness (QED) is 0.730. The molecule has 0 heterocycles. The van der Waals surface area contributed by atoms with Crippen molar-refractivity contribution in [1.82, 2.24) is 0 Å². The zero-order valence-corrected chi connectivity index (χ0v) is 12.3. The summed E-state index contributed by atoms with van der Waals surface area (Å²) in [7, 11) is 0. The van der Waals surface area contributed by atoms with E-state index in [-0.39, 0.29) is 18.0 Å². The highest BCUT2D eigenvalue weighted by Crippen LogP contribution is 2.27. The van der Waals surface area contributed by atoms with Crippen LogP contribution in [0.15, 0.2) is 18.2 Å². The van der Waals surface area contributed by atoms with Crippen LogP contribution >= 0.6 is 0 Å². The van der Waals surface area contributed by atoms with E-state index in [0.717, 1.165) is 12.0 Å². The summed E-state index contributed by atoms with van der Waals surface area (Å²) in [5.74, 6) is 0.626. The van der Waals surface area contributed by atoms with Crippen molar-refractivity contribution >= 4 is 5.78 Å². The molecule has 0 saturated carbocycles. The number of ketones is 1. The molecule has 0 fully saturated rings. The number of carbonyl (C=O) groups excluding carboxylic acids is 1. The number of rotatable bonds is 9. The molecule has 0 spiro atoms. The first-order valence-corrected chi connectivity index (χ1v) is 7.21. The predicted molar refractivity (Wildman–Crippen MR) is 78.1 cm³/mol. The maximum Gasteiger partial charge on any atom is 0.161 e. The topological polar surface area (TPSA) is 66.8 Å². The van der Waals surface area contributed by atoms with Crippen LogP contribution in [-0.4, -0.2) is 28.7 Å². The van der Waals surface area contributed by atoms with Crippen LogP contribution in [0.3, 0.4) is 0 Å². The number of hydrogen-bond donors (Lipinski definition) is 2. The van der Waals surface area contributed by atoms with Crippen molar-refractivity contribution in [2.24, 2.45) is 0 Å². The van der Waals surface area contributed by atoms with Gasteiger partial charge in [-0.05, 0) is 37.5 Å². The minimum Gasteiger partial charge on any atom is -0.504 e. The summed E-state index contributed by atoms with van der Waals surface area (Å²) in [5.41, 5.74) is 0.949. The SMILES string of the molecule is CCCC(O)CC(=O)CCc1ccc(O)c(OCC)c1. The number of phenols is 1. The van der Waals surface area contributed by atoms with Crippen LogP contribution in [0, 0.1) is 0 Å². The first-order valence-electron chi connectivity index (χ1n) is 7.21. The Hall–Kier alpha value is -1.55. The molecule has 0 aliphatic carbocycles. The van der Waals surface area contributed by atoms with Gasteiger partial charge in [-0.3, -0.25) is 4.79 Å². The normalized spacial score (nSPS) is 12.2. The maximum absolute atomic E-state index is 11.7. The molecule has 0 aromatic heterocycles. The Morgan fingerprint density at radius 1 is 1.35 bits per heavy atom. The molecule has 1 rings (SSSR count). The molecule has 4 nitrogen and oxygen atoms in total. The fraction of sp³-hybridized carbons (Fsp3) is 0.562. The standard InChI is InChI=1S/C16H24O4/c1-3-5-13(17)11-14(18)8-6-12-7-9-15(19)16(10-12)20-4-2/h7,9-10,13,17,19H,3-6,8,11H2,1-2H3. The van der Waals surface area contributed by atoms with Gasteiger partial charge in [0.25, 0.3) is 0 Å². The van der Waals surface area contributed by atoms with Crippen molar-refractivity contribution in [2.45, 2.75) is 52.1 Å². The fourth-order valence-electron chi connectivity index (χ4n) is 2.07. The lowest BCUT2D eigenvalue weighted by atomic mass is 10.0. The lowest BCUT2D eigenvalue weighted by Gasteiger charge is -2.09. The van der Waals surface area contributed by atoms with E-state index in [1.807, 2.05) is 13.8 Å². The van der Waals surface area contributed by atoms with Crippen molar-refractivity contribution in [1.29, 1.82) is 0 Å². The van der Waals surface area contributed by atoms with Gasteiger partial charge in [-0.15, -0.1) is 0 Å². The fourth-order valence-corrected chi connectivity index (χ4v) is 2.07. The lowest BCUT2D eigenvalue weighted by Crippen LogP contribution is -2.13. The zero-order chi connectivity index (χ0) is 15.0. The second-order valence-corrected chi connectivity index (χ2v) is 4.92. The van der Waals surface area contributed by atoms with Gasteiger partial charge in [-0.1, -0.05) is 19.4 Å². The van der Waals surface area contributed by atoms with Crippen LogP contribution in [-0.2, 0) is 11.2 Å².